The Morgan fingerprint density at radius 3 is 2.35 bits per heavy atom. The van der Waals surface area contributed by atoms with Crippen LogP contribution in [0.3, 0.4) is 0 Å². The van der Waals surface area contributed by atoms with Crippen molar-refractivity contribution in [2.24, 2.45) is 0 Å². The minimum Gasteiger partial charge on any atom is -0.395 e. The summed E-state index contributed by atoms with van der Waals surface area (Å²) in [5.41, 5.74) is -0.109. The fourth-order valence-corrected chi connectivity index (χ4v) is 2.37. The van der Waals surface area contributed by atoms with Gasteiger partial charge in [-0.1, -0.05) is 20.8 Å². The van der Waals surface area contributed by atoms with Gasteiger partial charge in [-0.2, -0.15) is 11.8 Å². The predicted molar refractivity (Wildman–Crippen MR) is 87.8 cm³/mol. The lowest BCUT2D eigenvalue weighted by molar-refractivity contribution is 0.288. The first kappa shape index (κ1) is 17.0. The summed E-state index contributed by atoms with van der Waals surface area (Å²) in [7, 11) is 1.85. The number of hydrogen-bond acceptors (Lipinski definition) is 6. The molecule has 114 valence electrons. The fraction of sp³-hybridized carbons (Fsp3) is 0.714. The zero-order valence-corrected chi connectivity index (χ0v) is 14.0. The Hall–Kier alpha value is -1.01. The normalized spacial score (nSPS) is 14.8. The fourth-order valence-electron chi connectivity index (χ4n) is 1.75. The van der Waals surface area contributed by atoms with E-state index in [2.05, 4.69) is 48.3 Å². The SMILES string of the molecule is CNc1cc(NC(C)C(CO)SC)nc(C(C)(C)C)n1. The Morgan fingerprint density at radius 1 is 1.30 bits per heavy atom. The van der Waals surface area contributed by atoms with Gasteiger partial charge in [-0.25, -0.2) is 9.97 Å². The van der Waals surface area contributed by atoms with Crippen LogP contribution in [0.25, 0.3) is 0 Å². The van der Waals surface area contributed by atoms with E-state index in [0.29, 0.717) is 0 Å². The molecule has 0 amide bonds. The van der Waals surface area contributed by atoms with E-state index in [0.717, 1.165) is 17.5 Å². The minimum atomic E-state index is -0.109. The van der Waals surface area contributed by atoms with Crippen LogP contribution in [0, 0.1) is 0 Å². The molecule has 6 heteroatoms. The lowest BCUT2D eigenvalue weighted by Crippen LogP contribution is -2.31. The van der Waals surface area contributed by atoms with Crippen LogP contribution in [0.15, 0.2) is 6.07 Å². The van der Waals surface area contributed by atoms with Crippen LogP contribution in [0.1, 0.15) is 33.5 Å². The van der Waals surface area contributed by atoms with Gasteiger partial charge < -0.3 is 15.7 Å². The van der Waals surface area contributed by atoms with Crippen LogP contribution in [0.5, 0.6) is 0 Å². The molecule has 0 saturated heterocycles. The topological polar surface area (TPSA) is 70.1 Å². The molecule has 1 rings (SSSR count). The van der Waals surface area contributed by atoms with Gasteiger partial charge in [0.1, 0.15) is 17.5 Å². The Balaban J connectivity index is 3.00. The zero-order valence-electron chi connectivity index (χ0n) is 13.2. The first-order valence-corrected chi connectivity index (χ1v) is 8.08. The summed E-state index contributed by atoms with van der Waals surface area (Å²) in [5, 5.41) is 15.9. The van der Waals surface area contributed by atoms with Crippen molar-refractivity contribution in [3.63, 3.8) is 0 Å². The third-order valence-corrected chi connectivity index (χ3v) is 4.23. The van der Waals surface area contributed by atoms with E-state index < -0.39 is 0 Å². The second-order valence-electron chi connectivity index (χ2n) is 5.85. The standard InChI is InChI=1S/C14H26N4OS/c1-9(10(8-19)20-6)16-12-7-11(15-5)17-13(18-12)14(2,3)4/h7,9-10,19H,8H2,1-6H3,(H2,15,16,17,18). The molecular formula is C14H26N4OS. The van der Waals surface area contributed by atoms with E-state index in [1.54, 1.807) is 11.8 Å². The Bertz CT molecular complexity index is 430. The van der Waals surface area contributed by atoms with E-state index in [9.17, 15) is 5.11 Å². The molecule has 0 aromatic carbocycles. The van der Waals surface area contributed by atoms with Gasteiger partial charge in [0.2, 0.25) is 0 Å². The summed E-state index contributed by atoms with van der Waals surface area (Å²) in [5.74, 6) is 2.38. The molecule has 0 aliphatic rings. The van der Waals surface area contributed by atoms with Crippen molar-refractivity contribution >= 4 is 23.4 Å². The van der Waals surface area contributed by atoms with E-state index in [1.165, 1.54) is 0 Å². The molecule has 0 bridgehead atoms. The maximum absolute atomic E-state index is 9.35. The highest BCUT2D eigenvalue weighted by Gasteiger charge is 2.21. The van der Waals surface area contributed by atoms with Gasteiger partial charge in [0.05, 0.1) is 6.61 Å². The Morgan fingerprint density at radius 2 is 1.90 bits per heavy atom. The highest BCUT2D eigenvalue weighted by molar-refractivity contribution is 7.99. The van der Waals surface area contributed by atoms with Crippen molar-refractivity contribution < 1.29 is 5.11 Å². The van der Waals surface area contributed by atoms with Gasteiger partial charge in [0.15, 0.2) is 0 Å². The number of nitrogens with one attached hydrogen (secondary N) is 2. The van der Waals surface area contributed by atoms with Crippen LogP contribution in [-0.4, -0.2) is 46.3 Å². The molecule has 0 saturated carbocycles. The number of aliphatic hydroxyl groups excluding tert-OH is 1. The van der Waals surface area contributed by atoms with Gasteiger partial charge in [-0.05, 0) is 13.2 Å². The molecule has 2 atom stereocenters. The molecule has 0 aliphatic carbocycles. The quantitative estimate of drug-likeness (QED) is 0.749. The first-order valence-electron chi connectivity index (χ1n) is 6.79. The van der Waals surface area contributed by atoms with E-state index in [4.69, 9.17) is 0 Å². The van der Waals surface area contributed by atoms with E-state index in [-0.39, 0.29) is 23.3 Å². The lowest BCUT2D eigenvalue weighted by atomic mass is 9.96. The van der Waals surface area contributed by atoms with Gasteiger partial charge in [0.25, 0.3) is 0 Å². The zero-order chi connectivity index (χ0) is 15.3. The Labute approximate surface area is 126 Å². The number of aromatic nitrogens is 2. The van der Waals surface area contributed by atoms with Crippen LogP contribution in [0.4, 0.5) is 11.6 Å². The molecule has 5 nitrogen and oxygen atoms in total. The molecule has 0 fully saturated rings. The highest BCUT2D eigenvalue weighted by Crippen LogP contribution is 2.23. The van der Waals surface area contributed by atoms with Crippen LogP contribution >= 0.6 is 11.8 Å². The van der Waals surface area contributed by atoms with Crippen molar-refractivity contribution in [2.45, 2.75) is 44.4 Å². The molecule has 2 unspecified atom stereocenters. The van der Waals surface area contributed by atoms with Gasteiger partial charge in [-0.15, -0.1) is 0 Å². The maximum atomic E-state index is 9.35. The lowest BCUT2D eigenvalue weighted by Gasteiger charge is -2.24. The average Bonchev–Trinajstić information content (AvgIpc) is 2.38. The molecule has 0 aliphatic heterocycles. The smallest absolute Gasteiger partial charge is 0.138 e. The highest BCUT2D eigenvalue weighted by atomic mass is 32.2. The molecule has 20 heavy (non-hydrogen) atoms. The third-order valence-electron chi connectivity index (χ3n) is 3.07. The van der Waals surface area contributed by atoms with E-state index >= 15 is 0 Å². The third kappa shape index (κ3) is 4.52. The second kappa shape index (κ2) is 7.13. The number of hydrogen-bond donors (Lipinski definition) is 3. The van der Waals surface area contributed by atoms with Crippen molar-refractivity contribution in [3.05, 3.63) is 11.9 Å². The largest absolute Gasteiger partial charge is 0.395 e. The molecule has 1 aromatic rings. The van der Waals surface area contributed by atoms with Crippen molar-refractivity contribution in [1.82, 2.24) is 9.97 Å². The Kier molecular flexibility index (Phi) is 6.07. The summed E-state index contributed by atoms with van der Waals surface area (Å²) < 4.78 is 0. The maximum Gasteiger partial charge on any atom is 0.138 e. The number of rotatable bonds is 6. The summed E-state index contributed by atoms with van der Waals surface area (Å²) in [6, 6.07) is 2.02. The van der Waals surface area contributed by atoms with Crippen molar-refractivity contribution in [2.75, 3.05) is 30.5 Å². The molecular weight excluding hydrogens is 272 g/mol. The number of aliphatic hydroxyl groups is 1. The minimum absolute atomic E-state index is 0.109. The molecule has 1 heterocycles. The monoisotopic (exact) mass is 298 g/mol. The number of anilines is 2. The van der Waals surface area contributed by atoms with Crippen molar-refractivity contribution in [1.29, 1.82) is 0 Å². The average molecular weight is 298 g/mol. The summed E-state index contributed by atoms with van der Waals surface area (Å²) in [6.07, 6.45) is 2.00. The number of nitrogens with zero attached hydrogens (tertiary/aromatic N) is 2. The predicted octanol–water partition coefficient (Wildman–Crippen LogP) is 2.34. The van der Waals surface area contributed by atoms with Crippen LogP contribution < -0.4 is 10.6 Å². The first-order chi connectivity index (χ1) is 9.31. The molecule has 3 N–H and O–H groups in total. The molecule has 1 aromatic heterocycles. The molecule has 0 spiro atoms. The van der Waals surface area contributed by atoms with Crippen LogP contribution in [0.2, 0.25) is 0 Å². The second-order valence-corrected chi connectivity index (χ2v) is 6.93. The van der Waals surface area contributed by atoms with Gasteiger partial charge in [0, 0.05) is 29.8 Å². The summed E-state index contributed by atoms with van der Waals surface area (Å²) in [4.78, 5) is 9.09. The van der Waals surface area contributed by atoms with Crippen LogP contribution in [-0.2, 0) is 5.41 Å². The van der Waals surface area contributed by atoms with Gasteiger partial charge >= 0.3 is 0 Å². The van der Waals surface area contributed by atoms with E-state index in [1.807, 2.05) is 19.4 Å². The molecule has 0 radical (unpaired) electrons. The summed E-state index contributed by atoms with van der Waals surface area (Å²) in [6.45, 7) is 8.47. The number of thioether (sulfide) groups is 1. The summed E-state index contributed by atoms with van der Waals surface area (Å²) >= 11 is 1.65. The van der Waals surface area contributed by atoms with Gasteiger partial charge in [-0.3, -0.25) is 0 Å². The van der Waals surface area contributed by atoms with Crippen molar-refractivity contribution in [3.8, 4) is 0 Å².